The topological polar surface area (TPSA) is 38.3 Å². The molecule has 2 rings (SSSR count). The molecule has 0 fully saturated rings. The van der Waals surface area contributed by atoms with Crippen LogP contribution in [-0.4, -0.2) is 24.9 Å². The van der Waals surface area contributed by atoms with Crippen molar-refractivity contribution in [3.8, 4) is 5.75 Å². The second-order valence-corrected chi connectivity index (χ2v) is 6.57. The zero-order chi connectivity index (χ0) is 17.7. The molecule has 0 aromatic heterocycles. The predicted octanol–water partition coefficient (Wildman–Crippen LogP) is 5.36. The number of methoxy groups -OCH3 is 1. The largest absolute Gasteiger partial charge is 0.497 e. The van der Waals surface area contributed by atoms with Crippen LogP contribution in [0.15, 0.2) is 51.8 Å². The van der Waals surface area contributed by atoms with E-state index in [-0.39, 0.29) is 0 Å². The van der Waals surface area contributed by atoms with E-state index in [2.05, 4.69) is 21.2 Å². The van der Waals surface area contributed by atoms with Crippen molar-refractivity contribution in [2.24, 2.45) is 0 Å². The summed E-state index contributed by atoms with van der Waals surface area (Å²) in [6.07, 6.45) is -4.28. The highest BCUT2D eigenvalue weighted by atomic mass is 79.9. The molecule has 0 atom stereocenters. The number of carbonyl (C=O) groups is 1. The average molecular weight is 420 g/mol. The maximum atomic E-state index is 12.4. The molecule has 8 heteroatoms. The first kappa shape index (κ1) is 18.7. The Kier molecular flexibility index (Phi) is 6.17. The molecule has 128 valence electrons. The van der Waals surface area contributed by atoms with E-state index in [4.69, 9.17) is 4.74 Å². The molecule has 0 aliphatic rings. The van der Waals surface area contributed by atoms with Gasteiger partial charge >= 0.3 is 6.18 Å². The summed E-state index contributed by atoms with van der Waals surface area (Å²) in [6.45, 7) is 0. The van der Waals surface area contributed by atoms with Crippen LogP contribution in [0.4, 0.5) is 18.9 Å². The molecule has 0 spiro atoms. The van der Waals surface area contributed by atoms with Crippen molar-refractivity contribution in [2.75, 3.05) is 18.2 Å². The fraction of sp³-hybridized carbons (Fsp3) is 0.188. The van der Waals surface area contributed by atoms with Gasteiger partial charge in [0.25, 0.3) is 5.91 Å². The summed E-state index contributed by atoms with van der Waals surface area (Å²) in [5.41, 5.74) is 0.649. The summed E-state index contributed by atoms with van der Waals surface area (Å²) in [4.78, 5) is 12.8. The molecule has 0 saturated heterocycles. The van der Waals surface area contributed by atoms with Crippen LogP contribution in [0, 0.1) is 0 Å². The minimum absolute atomic E-state index is 0.324. The zero-order valence-electron chi connectivity index (χ0n) is 12.5. The number of carbonyl (C=O) groups excluding carboxylic acids is 1. The Morgan fingerprint density at radius 3 is 2.62 bits per heavy atom. The Morgan fingerprint density at radius 1 is 1.25 bits per heavy atom. The van der Waals surface area contributed by atoms with Crippen LogP contribution in [0.2, 0.25) is 0 Å². The summed E-state index contributed by atoms with van der Waals surface area (Å²) < 4.78 is 42.9. The van der Waals surface area contributed by atoms with E-state index in [9.17, 15) is 18.0 Å². The van der Waals surface area contributed by atoms with Gasteiger partial charge < -0.3 is 10.1 Å². The SMILES string of the molecule is COc1ccc(Br)c(C(=O)Nc2ccccc2SCC(F)(F)F)c1. The van der Waals surface area contributed by atoms with Crippen LogP contribution in [0.25, 0.3) is 0 Å². The molecule has 0 aliphatic carbocycles. The maximum absolute atomic E-state index is 12.4. The molecular weight excluding hydrogens is 407 g/mol. The number of para-hydroxylation sites is 1. The quantitative estimate of drug-likeness (QED) is 0.662. The van der Waals surface area contributed by atoms with E-state index in [1.54, 1.807) is 36.4 Å². The van der Waals surface area contributed by atoms with Crippen molar-refractivity contribution in [3.05, 3.63) is 52.5 Å². The molecule has 0 heterocycles. The second-order valence-electron chi connectivity index (χ2n) is 4.70. The van der Waals surface area contributed by atoms with Gasteiger partial charge in [0.2, 0.25) is 0 Å². The monoisotopic (exact) mass is 419 g/mol. The summed E-state index contributed by atoms with van der Waals surface area (Å²) in [5, 5.41) is 2.64. The first-order valence-corrected chi connectivity index (χ1v) is 8.51. The number of halogens is 4. The van der Waals surface area contributed by atoms with Crippen molar-refractivity contribution in [1.29, 1.82) is 0 Å². The third kappa shape index (κ3) is 5.17. The van der Waals surface area contributed by atoms with Crippen LogP contribution >= 0.6 is 27.7 Å². The van der Waals surface area contributed by atoms with Crippen molar-refractivity contribution < 1.29 is 22.7 Å². The Balaban J connectivity index is 2.20. The summed E-state index contributed by atoms with van der Waals surface area (Å²) >= 11 is 3.91. The minimum atomic E-state index is -4.28. The van der Waals surface area contributed by atoms with Crippen molar-refractivity contribution >= 4 is 39.3 Å². The van der Waals surface area contributed by atoms with Gasteiger partial charge in [0.05, 0.1) is 24.1 Å². The van der Waals surface area contributed by atoms with Crippen molar-refractivity contribution in [1.82, 2.24) is 0 Å². The van der Waals surface area contributed by atoms with Gasteiger partial charge in [-0.25, -0.2) is 0 Å². The highest BCUT2D eigenvalue weighted by Gasteiger charge is 2.27. The summed E-state index contributed by atoms with van der Waals surface area (Å²) in [6, 6.07) is 11.3. The zero-order valence-corrected chi connectivity index (χ0v) is 14.9. The third-order valence-electron chi connectivity index (χ3n) is 2.94. The number of anilines is 1. The summed E-state index contributed by atoms with van der Waals surface area (Å²) in [5.74, 6) is -0.966. The lowest BCUT2D eigenvalue weighted by molar-refractivity contribution is -0.105. The predicted molar refractivity (Wildman–Crippen MR) is 91.9 cm³/mol. The Morgan fingerprint density at radius 2 is 1.96 bits per heavy atom. The number of alkyl halides is 3. The van der Waals surface area contributed by atoms with E-state index in [1.807, 2.05) is 0 Å². The lowest BCUT2D eigenvalue weighted by Crippen LogP contribution is -2.14. The van der Waals surface area contributed by atoms with E-state index < -0.39 is 17.8 Å². The molecule has 0 aliphatic heterocycles. The molecule has 2 aromatic rings. The van der Waals surface area contributed by atoms with Crippen molar-refractivity contribution in [2.45, 2.75) is 11.1 Å². The van der Waals surface area contributed by atoms with E-state index in [1.165, 1.54) is 13.2 Å². The lowest BCUT2D eigenvalue weighted by atomic mass is 10.2. The number of amides is 1. The lowest BCUT2D eigenvalue weighted by Gasteiger charge is -2.13. The fourth-order valence-corrected chi connectivity index (χ4v) is 3.05. The van der Waals surface area contributed by atoms with Crippen LogP contribution in [-0.2, 0) is 0 Å². The molecule has 0 radical (unpaired) electrons. The average Bonchev–Trinajstić information content (AvgIpc) is 2.53. The number of nitrogens with one attached hydrogen (secondary N) is 1. The van der Waals surface area contributed by atoms with Gasteiger partial charge in [-0.05, 0) is 46.3 Å². The molecule has 24 heavy (non-hydrogen) atoms. The van der Waals surface area contributed by atoms with Gasteiger partial charge in [0.1, 0.15) is 5.75 Å². The van der Waals surface area contributed by atoms with Gasteiger partial charge in [0, 0.05) is 9.37 Å². The van der Waals surface area contributed by atoms with Crippen molar-refractivity contribution in [3.63, 3.8) is 0 Å². The molecular formula is C16H13BrF3NO2S. The molecule has 2 aromatic carbocycles. The van der Waals surface area contributed by atoms with Crippen LogP contribution in [0.3, 0.4) is 0 Å². The number of thioether (sulfide) groups is 1. The fourth-order valence-electron chi connectivity index (χ4n) is 1.85. The molecule has 1 amide bonds. The molecule has 1 N–H and O–H groups in total. The van der Waals surface area contributed by atoms with E-state index in [0.29, 0.717) is 38.1 Å². The van der Waals surface area contributed by atoms with Gasteiger partial charge in [0.15, 0.2) is 0 Å². The minimum Gasteiger partial charge on any atom is -0.497 e. The molecule has 0 bridgehead atoms. The number of ether oxygens (including phenoxy) is 1. The maximum Gasteiger partial charge on any atom is 0.398 e. The molecule has 3 nitrogen and oxygen atoms in total. The molecule has 0 saturated carbocycles. The highest BCUT2D eigenvalue weighted by molar-refractivity contribution is 9.10. The number of rotatable bonds is 5. The van der Waals surface area contributed by atoms with Gasteiger partial charge in [-0.3, -0.25) is 4.79 Å². The van der Waals surface area contributed by atoms with Crippen LogP contribution in [0.1, 0.15) is 10.4 Å². The number of benzene rings is 2. The van der Waals surface area contributed by atoms with Crippen LogP contribution < -0.4 is 10.1 Å². The standard InChI is InChI=1S/C16H13BrF3NO2S/c1-23-10-6-7-12(17)11(8-10)15(22)21-13-4-2-3-5-14(13)24-9-16(18,19)20/h2-8H,9H2,1H3,(H,21,22). The van der Waals surface area contributed by atoms with Gasteiger partial charge in [-0.2, -0.15) is 13.2 Å². The normalized spacial score (nSPS) is 11.2. The van der Waals surface area contributed by atoms with Crippen LogP contribution in [0.5, 0.6) is 5.75 Å². The first-order chi connectivity index (χ1) is 11.3. The Bertz CT molecular complexity index is 738. The third-order valence-corrected chi connectivity index (χ3v) is 4.77. The Hall–Kier alpha value is -1.67. The Labute approximate surface area is 149 Å². The van der Waals surface area contributed by atoms with Gasteiger partial charge in [-0.1, -0.05) is 12.1 Å². The van der Waals surface area contributed by atoms with Gasteiger partial charge in [-0.15, -0.1) is 11.8 Å². The number of hydrogen-bond acceptors (Lipinski definition) is 3. The number of hydrogen-bond donors (Lipinski definition) is 1. The smallest absolute Gasteiger partial charge is 0.398 e. The van der Waals surface area contributed by atoms with E-state index >= 15 is 0 Å². The molecule has 0 unspecified atom stereocenters. The highest BCUT2D eigenvalue weighted by Crippen LogP contribution is 2.33. The van der Waals surface area contributed by atoms with E-state index in [0.717, 1.165) is 0 Å². The second kappa shape index (κ2) is 7.94. The first-order valence-electron chi connectivity index (χ1n) is 6.73. The summed E-state index contributed by atoms with van der Waals surface area (Å²) in [7, 11) is 1.48.